The minimum atomic E-state index is -0.273. The van der Waals surface area contributed by atoms with Crippen LogP contribution in [0.3, 0.4) is 0 Å². The Bertz CT molecular complexity index is 49.5. The summed E-state index contributed by atoms with van der Waals surface area (Å²) in [6.07, 6.45) is 0. The third-order valence-electron chi connectivity index (χ3n) is 0.305. The van der Waals surface area contributed by atoms with Gasteiger partial charge in [-0.3, -0.25) is 4.79 Å². The number of ether oxygens (including phenoxy) is 1. The Morgan fingerprint density at radius 2 is 2.50 bits per heavy atom. The van der Waals surface area contributed by atoms with Gasteiger partial charge in [-0.05, 0) is 0 Å². The summed E-state index contributed by atoms with van der Waals surface area (Å²) < 4.78 is 4.29. The molecule has 0 aliphatic carbocycles. The quantitative estimate of drug-likeness (QED) is 0.341. The van der Waals surface area contributed by atoms with E-state index in [2.05, 4.69) is 11.7 Å². The molecule has 2 nitrogen and oxygen atoms in total. The second-order valence-corrected chi connectivity index (χ2v) is 0.840. The Balaban J connectivity index is 2.83. The predicted molar refractivity (Wildman–Crippen MR) is 22.0 cm³/mol. The molecule has 0 N–H and O–H groups in total. The summed E-state index contributed by atoms with van der Waals surface area (Å²) in [6, 6.07) is 0. The van der Waals surface area contributed by atoms with Crippen molar-refractivity contribution in [1.82, 2.24) is 0 Å². The molecule has 0 radical (unpaired) electrons. The maximum atomic E-state index is 9.78. The maximum Gasteiger partial charge on any atom is 0.306 e. The lowest BCUT2D eigenvalue weighted by Gasteiger charge is -1.84. The van der Waals surface area contributed by atoms with Crippen molar-refractivity contribution in [1.29, 1.82) is 0 Å². The van der Waals surface area contributed by atoms with Gasteiger partial charge in [0.1, 0.15) is 6.92 Å². The van der Waals surface area contributed by atoms with Crippen molar-refractivity contribution >= 4 is 5.97 Å². The Kier molecular flexibility index (Phi) is 2.29. The van der Waals surface area contributed by atoms with Gasteiger partial charge in [-0.25, -0.2) is 0 Å². The van der Waals surface area contributed by atoms with Crippen LogP contribution in [0, 0.1) is 6.92 Å². The average Bonchev–Trinajstić information content (AvgIpc) is 1.35. The molecule has 0 amide bonds. The van der Waals surface area contributed by atoms with Gasteiger partial charge < -0.3 is 4.74 Å². The Labute approximate surface area is 37.1 Å². The third-order valence-corrected chi connectivity index (χ3v) is 0.305. The Hall–Kier alpha value is -0.660. The fraction of sp³-hybridized carbons (Fsp3) is 0.500. The topological polar surface area (TPSA) is 26.3 Å². The summed E-state index contributed by atoms with van der Waals surface area (Å²) in [6.45, 7) is 4.87. The van der Waals surface area contributed by atoms with Crippen LogP contribution in [0.1, 0.15) is 6.92 Å². The highest BCUT2D eigenvalue weighted by Gasteiger charge is 1.85. The molecule has 0 aromatic rings. The molecule has 0 aromatic carbocycles. The van der Waals surface area contributed by atoms with E-state index in [1.807, 2.05) is 0 Å². The first kappa shape index (κ1) is 5.34. The third kappa shape index (κ3) is 3.34. The summed E-state index contributed by atoms with van der Waals surface area (Å²) in [5.74, 6) is -0.273. The smallest absolute Gasteiger partial charge is 0.306 e. The van der Waals surface area contributed by atoms with E-state index in [1.165, 1.54) is 6.92 Å². The molecule has 0 aliphatic rings. The van der Waals surface area contributed by atoms with Crippen LogP contribution >= 0.6 is 0 Å². The molecule has 0 aromatic heterocycles. The van der Waals surface area contributed by atoms with Crippen LogP contribution in [0.2, 0.25) is 0 Å². The molecule has 0 saturated carbocycles. The predicted octanol–water partition coefficient (Wildman–Crippen LogP) is 0.384. The van der Waals surface area contributed by atoms with E-state index in [0.717, 1.165) is 0 Å². The molecule has 2 heteroatoms. The van der Waals surface area contributed by atoms with Gasteiger partial charge in [-0.15, -0.1) is 0 Å². The molecule has 0 spiro atoms. The summed E-state index contributed by atoms with van der Waals surface area (Å²) in [5.41, 5.74) is 0. The lowest BCUT2D eigenvalue weighted by molar-refractivity contribution is -0.139. The normalized spacial score (nSPS) is 7.50. The van der Waals surface area contributed by atoms with E-state index in [1.54, 1.807) is 0 Å². The molecule has 34 valence electrons. The van der Waals surface area contributed by atoms with Crippen molar-refractivity contribution in [3.05, 3.63) is 6.92 Å². The molecule has 0 rings (SSSR count). The van der Waals surface area contributed by atoms with Crippen LogP contribution in [0.4, 0.5) is 0 Å². The van der Waals surface area contributed by atoms with Crippen molar-refractivity contribution in [3.8, 4) is 0 Å². The highest BCUT2D eigenvalue weighted by molar-refractivity contribution is 5.65. The molecule has 0 aliphatic heterocycles. The molecular weight excluding hydrogens is 80.0 g/mol. The zero-order valence-electron chi connectivity index (χ0n) is 3.73. The van der Waals surface area contributed by atoms with Gasteiger partial charge in [-0.2, -0.15) is 0 Å². The monoisotopic (exact) mass is 87.0 g/mol. The standard InChI is InChI=1S/C4H7O2/c1-3-6-4(2)5/h1,3H2,2H3/q+1. The second-order valence-electron chi connectivity index (χ2n) is 0.840. The van der Waals surface area contributed by atoms with Gasteiger partial charge in [0.2, 0.25) is 6.61 Å². The number of esters is 1. The zero-order chi connectivity index (χ0) is 4.99. The van der Waals surface area contributed by atoms with Crippen LogP contribution in [0.5, 0.6) is 0 Å². The van der Waals surface area contributed by atoms with Gasteiger partial charge in [-0.1, -0.05) is 0 Å². The van der Waals surface area contributed by atoms with Crippen LogP contribution in [0.25, 0.3) is 0 Å². The zero-order valence-corrected chi connectivity index (χ0v) is 3.73. The largest absolute Gasteiger partial charge is 0.424 e. The lowest BCUT2D eigenvalue weighted by Crippen LogP contribution is -1.95. The van der Waals surface area contributed by atoms with Crippen LogP contribution in [0.15, 0.2) is 0 Å². The fourth-order valence-electron chi connectivity index (χ4n) is 0.144. The van der Waals surface area contributed by atoms with Gasteiger partial charge in [0, 0.05) is 6.92 Å². The van der Waals surface area contributed by atoms with Crippen molar-refractivity contribution in [2.24, 2.45) is 0 Å². The SMILES string of the molecule is [CH2+]COC(C)=O. The van der Waals surface area contributed by atoms with Crippen molar-refractivity contribution in [2.45, 2.75) is 6.92 Å². The minimum absolute atomic E-state index is 0.231. The van der Waals surface area contributed by atoms with E-state index < -0.39 is 0 Å². The van der Waals surface area contributed by atoms with Crippen molar-refractivity contribution in [2.75, 3.05) is 6.61 Å². The van der Waals surface area contributed by atoms with E-state index in [4.69, 9.17) is 0 Å². The number of hydrogen-bond donors (Lipinski definition) is 0. The van der Waals surface area contributed by atoms with Crippen molar-refractivity contribution < 1.29 is 9.53 Å². The van der Waals surface area contributed by atoms with Gasteiger partial charge in [0.25, 0.3) is 0 Å². The first-order valence-corrected chi connectivity index (χ1v) is 1.70. The Morgan fingerprint density at radius 3 is 2.50 bits per heavy atom. The van der Waals surface area contributed by atoms with E-state index in [0.29, 0.717) is 0 Å². The lowest BCUT2D eigenvalue weighted by atomic mass is 10.8. The number of hydrogen-bond acceptors (Lipinski definition) is 2. The van der Waals surface area contributed by atoms with E-state index in [9.17, 15) is 4.79 Å². The highest BCUT2D eigenvalue weighted by Crippen LogP contribution is 1.69. The first-order chi connectivity index (χ1) is 2.77. The van der Waals surface area contributed by atoms with Crippen LogP contribution in [-0.2, 0) is 9.53 Å². The number of carbonyl (C=O) groups is 1. The summed E-state index contributed by atoms with van der Waals surface area (Å²) >= 11 is 0. The molecule has 0 fully saturated rings. The molecule has 0 unspecified atom stereocenters. The number of rotatable bonds is 1. The summed E-state index contributed by atoms with van der Waals surface area (Å²) in [4.78, 5) is 9.78. The fourth-order valence-corrected chi connectivity index (χ4v) is 0.144. The molecule has 6 heavy (non-hydrogen) atoms. The second kappa shape index (κ2) is 2.57. The molecule has 0 atom stereocenters. The van der Waals surface area contributed by atoms with E-state index in [-0.39, 0.29) is 12.6 Å². The Morgan fingerprint density at radius 1 is 2.00 bits per heavy atom. The van der Waals surface area contributed by atoms with Crippen LogP contribution < -0.4 is 0 Å². The van der Waals surface area contributed by atoms with Gasteiger partial charge in [0.15, 0.2) is 0 Å². The minimum Gasteiger partial charge on any atom is -0.424 e. The van der Waals surface area contributed by atoms with Crippen LogP contribution in [-0.4, -0.2) is 12.6 Å². The van der Waals surface area contributed by atoms with Gasteiger partial charge >= 0.3 is 5.97 Å². The van der Waals surface area contributed by atoms with Crippen molar-refractivity contribution in [3.63, 3.8) is 0 Å². The highest BCUT2D eigenvalue weighted by atomic mass is 16.5. The summed E-state index contributed by atoms with van der Waals surface area (Å²) in [5, 5.41) is 0. The molecule has 0 bridgehead atoms. The molecular formula is C4H7O2+. The first-order valence-electron chi connectivity index (χ1n) is 1.70. The summed E-state index contributed by atoms with van der Waals surface area (Å²) in [7, 11) is 0. The average molecular weight is 87.1 g/mol. The van der Waals surface area contributed by atoms with E-state index >= 15 is 0 Å². The van der Waals surface area contributed by atoms with Gasteiger partial charge in [0.05, 0.1) is 0 Å². The maximum absolute atomic E-state index is 9.78. The number of carbonyl (C=O) groups excluding carboxylic acids is 1. The molecule has 0 heterocycles. The molecule has 0 saturated heterocycles.